The van der Waals surface area contributed by atoms with Crippen molar-refractivity contribution in [3.8, 4) is 0 Å². The van der Waals surface area contributed by atoms with Gasteiger partial charge < -0.3 is 5.11 Å². The maximum Gasteiger partial charge on any atom is 0.433 e. The number of nitrogens with zero attached hydrogens (tertiary/aromatic N) is 3. The molecule has 0 atom stereocenters. The molecule has 2 rings (SSSR count). The maximum absolute atomic E-state index is 12.6. The average Bonchev–Trinajstić information content (AvgIpc) is 2.73. The number of rotatable bonds is 3. The molecule has 2 aromatic rings. The molecule has 0 fully saturated rings. The van der Waals surface area contributed by atoms with Gasteiger partial charge in [0.2, 0.25) is 0 Å². The minimum Gasteiger partial charge on any atom is -0.478 e. The standard InChI is InChI=1S/C10H6F3N3O2S2/c1-4-14-9(20-16-4)19-7-5(8(17)18)2-3-6(15-7)10(11,12)13/h2-3H,1H3,(H,17,18). The van der Waals surface area contributed by atoms with E-state index in [1.54, 1.807) is 6.92 Å². The van der Waals surface area contributed by atoms with E-state index in [4.69, 9.17) is 5.11 Å². The van der Waals surface area contributed by atoms with Crippen LogP contribution in [0.2, 0.25) is 0 Å². The van der Waals surface area contributed by atoms with Crippen molar-refractivity contribution in [2.75, 3.05) is 0 Å². The zero-order chi connectivity index (χ0) is 14.9. The number of carboxylic acids is 1. The minimum absolute atomic E-state index is 0.261. The van der Waals surface area contributed by atoms with E-state index in [9.17, 15) is 18.0 Å². The first-order chi connectivity index (χ1) is 9.27. The molecule has 0 aliphatic carbocycles. The lowest BCUT2D eigenvalue weighted by molar-refractivity contribution is -0.141. The van der Waals surface area contributed by atoms with Crippen molar-refractivity contribution in [2.45, 2.75) is 22.5 Å². The first-order valence-electron chi connectivity index (χ1n) is 5.07. The summed E-state index contributed by atoms with van der Waals surface area (Å²) in [5.41, 5.74) is -1.46. The largest absolute Gasteiger partial charge is 0.478 e. The van der Waals surface area contributed by atoms with Gasteiger partial charge in [0.15, 0.2) is 4.34 Å². The predicted octanol–water partition coefficient (Wildman–Crippen LogP) is 3.11. The van der Waals surface area contributed by atoms with E-state index < -0.39 is 17.8 Å². The van der Waals surface area contributed by atoms with Crippen molar-refractivity contribution in [2.24, 2.45) is 0 Å². The number of aromatic nitrogens is 3. The normalized spacial score (nSPS) is 11.6. The van der Waals surface area contributed by atoms with Gasteiger partial charge in [-0.25, -0.2) is 14.8 Å². The Balaban J connectivity index is 2.44. The van der Waals surface area contributed by atoms with Gasteiger partial charge in [0, 0.05) is 0 Å². The summed E-state index contributed by atoms with van der Waals surface area (Å²) in [5.74, 6) is -0.892. The van der Waals surface area contributed by atoms with E-state index >= 15 is 0 Å². The van der Waals surface area contributed by atoms with Crippen LogP contribution in [0, 0.1) is 6.92 Å². The van der Waals surface area contributed by atoms with E-state index in [2.05, 4.69) is 14.3 Å². The van der Waals surface area contributed by atoms with Gasteiger partial charge in [-0.3, -0.25) is 0 Å². The topological polar surface area (TPSA) is 76.0 Å². The molecule has 0 unspecified atom stereocenters. The van der Waals surface area contributed by atoms with Crippen molar-refractivity contribution in [3.63, 3.8) is 0 Å². The Kier molecular flexibility index (Phi) is 3.95. The molecule has 0 saturated heterocycles. The van der Waals surface area contributed by atoms with Crippen molar-refractivity contribution >= 4 is 29.3 Å². The highest BCUT2D eigenvalue weighted by molar-refractivity contribution is 8.01. The number of halogens is 3. The second-order valence-corrected chi connectivity index (χ2v) is 5.55. The number of aryl methyl sites for hydroxylation is 1. The van der Waals surface area contributed by atoms with Crippen LogP contribution < -0.4 is 0 Å². The number of hydrogen-bond donors (Lipinski definition) is 1. The second kappa shape index (κ2) is 5.37. The Morgan fingerprint density at radius 2 is 2.05 bits per heavy atom. The number of hydrogen-bond acceptors (Lipinski definition) is 6. The molecular weight excluding hydrogens is 315 g/mol. The molecule has 0 spiro atoms. The number of carbonyl (C=O) groups is 1. The second-order valence-electron chi connectivity index (χ2n) is 3.56. The third-order valence-electron chi connectivity index (χ3n) is 2.07. The number of carboxylic acid groups (broad SMARTS) is 1. The zero-order valence-electron chi connectivity index (χ0n) is 9.80. The van der Waals surface area contributed by atoms with Crippen LogP contribution in [0.4, 0.5) is 13.2 Å². The van der Waals surface area contributed by atoms with Gasteiger partial charge in [0.25, 0.3) is 0 Å². The Labute approximate surface area is 119 Å². The van der Waals surface area contributed by atoms with E-state index in [1.807, 2.05) is 0 Å². The number of pyridine rings is 1. The highest BCUT2D eigenvalue weighted by atomic mass is 32.2. The van der Waals surface area contributed by atoms with Gasteiger partial charge in [-0.2, -0.15) is 17.5 Å². The van der Waals surface area contributed by atoms with Crippen LogP contribution in [-0.2, 0) is 6.18 Å². The lowest BCUT2D eigenvalue weighted by atomic mass is 10.2. The fourth-order valence-corrected chi connectivity index (χ4v) is 2.92. The van der Waals surface area contributed by atoms with E-state index in [0.717, 1.165) is 29.4 Å². The Morgan fingerprint density at radius 1 is 1.35 bits per heavy atom. The van der Waals surface area contributed by atoms with Crippen molar-refractivity contribution in [1.29, 1.82) is 0 Å². The lowest BCUT2D eigenvalue weighted by Crippen LogP contribution is -2.11. The predicted molar refractivity (Wildman–Crippen MR) is 65.0 cm³/mol. The Hall–Kier alpha value is -1.68. The van der Waals surface area contributed by atoms with Crippen LogP contribution in [0.3, 0.4) is 0 Å². The lowest BCUT2D eigenvalue weighted by Gasteiger charge is -2.08. The molecule has 2 aromatic heterocycles. The molecule has 106 valence electrons. The minimum atomic E-state index is -4.64. The van der Waals surface area contributed by atoms with Gasteiger partial charge in [-0.1, -0.05) is 0 Å². The van der Waals surface area contributed by atoms with Crippen molar-refractivity contribution in [3.05, 3.63) is 29.2 Å². The molecule has 0 saturated carbocycles. The molecule has 0 radical (unpaired) electrons. The number of aromatic carboxylic acids is 1. The van der Waals surface area contributed by atoms with Crippen LogP contribution in [0.25, 0.3) is 0 Å². The zero-order valence-corrected chi connectivity index (χ0v) is 11.4. The summed E-state index contributed by atoms with van der Waals surface area (Å²) >= 11 is 1.71. The summed E-state index contributed by atoms with van der Waals surface area (Å²) in [6, 6.07) is 1.52. The first-order valence-corrected chi connectivity index (χ1v) is 6.66. The molecule has 20 heavy (non-hydrogen) atoms. The Bertz CT molecular complexity index is 657. The van der Waals surface area contributed by atoms with Gasteiger partial charge in [-0.05, 0) is 42.4 Å². The van der Waals surface area contributed by atoms with Gasteiger partial charge >= 0.3 is 12.1 Å². The fourth-order valence-electron chi connectivity index (χ4n) is 1.24. The van der Waals surface area contributed by atoms with Gasteiger partial charge in [0.1, 0.15) is 16.5 Å². The van der Waals surface area contributed by atoms with Crippen LogP contribution >= 0.6 is 23.3 Å². The van der Waals surface area contributed by atoms with E-state index in [1.165, 1.54) is 0 Å². The number of alkyl halides is 3. The van der Waals surface area contributed by atoms with E-state index in [0.29, 0.717) is 16.2 Å². The van der Waals surface area contributed by atoms with Gasteiger partial charge in [-0.15, -0.1) is 0 Å². The smallest absolute Gasteiger partial charge is 0.433 e. The molecule has 5 nitrogen and oxygen atoms in total. The average molecular weight is 321 g/mol. The van der Waals surface area contributed by atoms with Crippen LogP contribution in [0.5, 0.6) is 0 Å². The first kappa shape index (κ1) is 14.7. The quantitative estimate of drug-likeness (QED) is 0.936. The molecular formula is C10H6F3N3O2S2. The monoisotopic (exact) mass is 321 g/mol. The van der Waals surface area contributed by atoms with Crippen LogP contribution in [0.1, 0.15) is 21.9 Å². The molecule has 2 heterocycles. The summed E-state index contributed by atoms with van der Waals surface area (Å²) < 4.78 is 42.0. The van der Waals surface area contributed by atoms with Crippen LogP contribution in [0.15, 0.2) is 21.5 Å². The molecule has 0 amide bonds. The third-order valence-corrected chi connectivity index (χ3v) is 3.92. The summed E-state index contributed by atoms with van der Waals surface area (Å²) in [5, 5.41) is 8.71. The summed E-state index contributed by atoms with van der Waals surface area (Å²) in [6.45, 7) is 1.62. The molecule has 1 N–H and O–H groups in total. The molecule has 0 aromatic carbocycles. The maximum atomic E-state index is 12.6. The highest BCUT2D eigenvalue weighted by Gasteiger charge is 2.33. The Morgan fingerprint density at radius 3 is 2.55 bits per heavy atom. The van der Waals surface area contributed by atoms with Crippen LogP contribution in [-0.4, -0.2) is 25.4 Å². The summed E-state index contributed by atoms with van der Waals surface area (Å²) in [6.07, 6.45) is -4.64. The van der Waals surface area contributed by atoms with Crippen molar-refractivity contribution in [1.82, 2.24) is 14.3 Å². The molecule has 0 bridgehead atoms. The molecule has 0 aliphatic rings. The molecule has 10 heteroatoms. The SMILES string of the molecule is Cc1nsc(Sc2nc(C(F)(F)F)ccc2C(=O)O)n1. The fraction of sp³-hybridized carbons (Fsp3) is 0.200. The summed E-state index contributed by atoms with van der Waals surface area (Å²) in [4.78, 5) is 18.3. The molecule has 0 aliphatic heterocycles. The van der Waals surface area contributed by atoms with E-state index in [-0.39, 0.29) is 10.6 Å². The summed E-state index contributed by atoms with van der Waals surface area (Å²) in [7, 11) is 0. The van der Waals surface area contributed by atoms with Gasteiger partial charge in [0.05, 0.1) is 5.56 Å². The third kappa shape index (κ3) is 3.25. The van der Waals surface area contributed by atoms with Crippen molar-refractivity contribution < 1.29 is 23.1 Å². The highest BCUT2D eigenvalue weighted by Crippen LogP contribution is 2.34.